The zero-order valence-corrected chi connectivity index (χ0v) is 11.1. The van der Waals surface area contributed by atoms with Crippen LogP contribution in [0.25, 0.3) is 0 Å². The zero-order valence-electron chi connectivity index (χ0n) is 11.1. The molecule has 6 heteroatoms. The summed E-state index contributed by atoms with van der Waals surface area (Å²) in [5, 5.41) is 3.11. The number of nitrogens with zero attached hydrogens (tertiary/aromatic N) is 3. The highest BCUT2D eigenvalue weighted by atomic mass is 19.1. The fraction of sp³-hybridized carbons (Fsp3) is 0.286. The van der Waals surface area contributed by atoms with Crippen molar-refractivity contribution in [2.75, 3.05) is 13.1 Å². The Labute approximate surface area is 116 Å². The molecule has 104 valence electrons. The van der Waals surface area contributed by atoms with Gasteiger partial charge in [-0.1, -0.05) is 0 Å². The fourth-order valence-electron chi connectivity index (χ4n) is 2.03. The molecule has 0 saturated carbocycles. The smallest absolute Gasteiger partial charge is 0.165 e. The van der Waals surface area contributed by atoms with Crippen LogP contribution < -0.4 is 10.1 Å². The average Bonchev–Trinajstić information content (AvgIpc) is 3.09. The molecule has 1 aromatic heterocycles. The van der Waals surface area contributed by atoms with Crippen molar-refractivity contribution >= 4 is 5.84 Å². The van der Waals surface area contributed by atoms with Crippen LogP contribution in [0.5, 0.6) is 5.75 Å². The van der Waals surface area contributed by atoms with Crippen molar-refractivity contribution in [2.45, 2.75) is 6.61 Å². The van der Waals surface area contributed by atoms with Gasteiger partial charge in [-0.2, -0.15) is 0 Å². The number of rotatable bonds is 4. The molecule has 2 heterocycles. The maximum absolute atomic E-state index is 14.0. The second-order valence-corrected chi connectivity index (χ2v) is 4.55. The Morgan fingerprint density at radius 3 is 3.00 bits per heavy atom. The number of aryl methyl sites for hydroxylation is 1. The number of imidazole rings is 1. The molecule has 0 fully saturated rings. The summed E-state index contributed by atoms with van der Waals surface area (Å²) in [6, 6.07) is 4.86. The zero-order chi connectivity index (χ0) is 13.9. The molecule has 0 unspecified atom stereocenters. The molecule has 20 heavy (non-hydrogen) atoms. The molecule has 0 atom stereocenters. The van der Waals surface area contributed by atoms with Gasteiger partial charge in [0.05, 0.1) is 6.54 Å². The maximum Gasteiger partial charge on any atom is 0.165 e. The number of hydrogen-bond acceptors (Lipinski definition) is 4. The number of ether oxygens (including phenoxy) is 1. The Morgan fingerprint density at radius 1 is 1.45 bits per heavy atom. The molecular weight excluding hydrogens is 259 g/mol. The highest BCUT2D eigenvalue weighted by Crippen LogP contribution is 2.20. The molecule has 5 nitrogen and oxygen atoms in total. The van der Waals surface area contributed by atoms with Crippen LogP contribution in [-0.2, 0) is 13.7 Å². The summed E-state index contributed by atoms with van der Waals surface area (Å²) >= 11 is 0. The quantitative estimate of drug-likeness (QED) is 0.919. The van der Waals surface area contributed by atoms with Gasteiger partial charge in [-0.15, -0.1) is 0 Å². The van der Waals surface area contributed by atoms with Crippen molar-refractivity contribution < 1.29 is 9.13 Å². The van der Waals surface area contributed by atoms with Crippen LogP contribution in [0.3, 0.4) is 0 Å². The van der Waals surface area contributed by atoms with E-state index < -0.39 is 5.82 Å². The van der Waals surface area contributed by atoms with Crippen LogP contribution in [-0.4, -0.2) is 28.5 Å². The Morgan fingerprint density at radius 2 is 2.35 bits per heavy atom. The summed E-state index contributed by atoms with van der Waals surface area (Å²) in [7, 11) is 1.87. The molecule has 1 aromatic carbocycles. The summed E-state index contributed by atoms with van der Waals surface area (Å²) in [4.78, 5) is 8.39. The highest BCUT2D eigenvalue weighted by molar-refractivity contribution is 5.99. The second-order valence-electron chi connectivity index (χ2n) is 4.55. The molecule has 1 N–H and O–H groups in total. The Kier molecular flexibility index (Phi) is 3.37. The molecule has 1 aliphatic rings. The van der Waals surface area contributed by atoms with Crippen LogP contribution in [0, 0.1) is 5.82 Å². The van der Waals surface area contributed by atoms with Gasteiger partial charge in [0, 0.05) is 31.5 Å². The SMILES string of the molecule is Cn1ccnc1COc1ccc(C2=NCCN2)cc1F. The van der Waals surface area contributed by atoms with Gasteiger partial charge in [0.1, 0.15) is 18.3 Å². The largest absolute Gasteiger partial charge is 0.483 e. The molecule has 0 bridgehead atoms. The first-order valence-corrected chi connectivity index (χ1v) is 6.41. The first kappa shape index (κ1) is 12.7. The maximum atomic E-state index is 14.0. The lowest BCUT2D eigenvalue weighted by Crippen LogP contribution is -2.19. The van der Waals surface area contributed by atoms with Gasteiger partial charge in [0.25, 0.3) is 0 Å². The lowest BCUT2D eigenvalue weighted by molar-refractivity contribution is 0.277. The van der Waals surface area contributed by atoms with E-state index in [0.717, 1.165) is 30.3 Å². The van der Waals surface area contributed by atoms with E-state index >= 15 is 0 Å². The predicted octanol–water partition coefficient (Wildman–Crippen LogP) is 1.49. The molecular formula is C14H15FN4O. The van der Waals surface area contributed by atoms with Crippen molar-refractivity contribution in [2.24, 2.45) is 12.0 Å². The van der Waals surface area contributed by atoms with Crippen LogP contribution in [0.1, 0.15) is 11.4 Å². The topological polar surface area (TPSA) is 51.4 Å². The third-order valence-corrected chi connectivity index (χ3v) is 3.16. The molecule has 0 radical (unpaired) electrons. The Balaban J connectivity index is 1.73. The summed E-state index contributed by atoms with van der Waals surface area (Å²) in [6.45, 7) is 1.77. The minimum Gasteiger partial charge on any atom is -0.483 e. The fourth-order valence-corrected chi connectivity index (χ4v) is 2.03. The van der Waals surface area contributed by atoms with Gasteiger partial charge in [-0.3, -0.25) is 4.99 Å². The van der Waals surface area contributed by atoms with Crippen molar-refractivity contribution in [3.8, 4) is 5.75 Å². The molecule has 0 spiro atoms. The van der Waals surface area contributed by atoms with E-state index in [1.54, 1.807) is 18.3 Å². The van der Waals surface area contributed by atoms with E-state index in [4.69, 9.17) is 4.74 Å². The monoisotopic (exact) mass is 274 g/mol. The molecule has 0 saturated heterocycles. The number of aromatic nitrogens is 2. The molecule has 2 aromatic rings. The molecule has 1 aliphatic heterocycles. The summed E-state index contributed by atoms with van der Waals surface area (Å²) < 4.78 is 21.3. The molecule has 3 rings (SSSR count). The third-order valence-electron chi connectivity index (χ3n) is 3.16. The first-order valence-electron chi connectivity index (χ1n) is 6.41. The van der Waals surface area contributed by atoms with E-state index in [1.165, 1.54) is 6.07 Å². The van der Waals surface area contributed by atoms with E-state index in [9.17, 15) is 4.39 Å². The van der Waals surface area contributed by atoms with Gasteiger partial charge in [-0.05, 0) is 18.2 Å². The minimum absolute atomic E-state index is 0.218. The van der Waals surface area contributed by atoms with Gasteiger partial charge in [-0.25, -0.2) is 9.37 Å². The average molecular weight is 274 g/mol. The number of aliphatic imine (C=N–C) groups is 1. The molecule has 0 amide bonds. The second kappa shape index (κ2) is 5.32. The van der Waals surface area contributed by atoms with Gasteiger partial charge in [0.15, 0.2) is 11.6 Å². The minimum atomic E-state index is -0.395. The van der Waals surface area contributed by atoms with E-state index in [1.807, 2.05) is 17.8 Å². The van der Waals surface area contributed by atoms with Crippen LogP contribution >= 0.6 is 0 Å². The van der Waals surface area contributed by atoms with Crippen molar-refractivity contribution in [1.82, 2.24) is 14.9 Å². The van der Waals surface area contributed by atoms with Crippen LogP contribution in [0.4, 0.5) is 4.39 Å². The summed E-state index contributed by atoms with van der Waals surface area (Å²) in [6.07, 6.45) is 3.50. The van der Waals surface area contributed by atoms with E-state index in [2.05, 4.69) is 15.3 Å². The van der Waals surface area contributed by atoms with Crippen LogP contribution in [0.15, 0.2) is 35.6 Å². The normalized spacial score (nSPS) is 14.0. The number of nitrogens with one attached hydrogen (secondary N) is 1. The summed E-state index contributed by atoms with van der Waals surface area (Å²) in [5.41, 5.74) is 0.740. The standard InChI is InChI=1S/C14H15FN4O/c1-19-7-6-16-13(19)9-20-12-3-2-10(8-11(12)15)14-17-4-5-18-14/h2-3,6-8H,4-5,9H2,1H3,(H,17,18). The predicted molar refractivity (Wildman–Crippen MR) is 73.3 cm³/mol. The molecule has 0 aliphatic carbocycles. The van der Waals surface area contributed by atoms with E-state index in [0.29, 0.717) is 0 Å². The number of halogens is 1. The Hall–Kier alpha value is -2.37. The lowest BCUT2D eigenvalue weighted by Gasteiger charge is -2.09. The highest BCUT2D eigenvalue weighted by Gasteiger charge is 2.12. The van der Waals surface area contributed by atoms with E-state index in [-0.39, 0.29) is 12.4 Å². The number of benzene rings is 1. The summed E-state index contributed by atoms with van der Waals surface area (Å²) in [5.74, 6) is 1.30. The third kappa shape index (κ3) is 2.49. The Bertz CT molecular complexity index is 650. The first-order chi connectivity index (χ1) is 9.74. The lowest BCUT2D eigenvalue weighted by atomic mass is 10.2. The van der Waals surface area contributed by atoms with Gasteiger partial charge >= 0.3 is 0 Å². The van der Waals surface area contributed by atoms with Crippen LogP contribution in [0.2, 0.25) is 0 Å². The number of amidine groups is 1. The van der Waals surface area contributed by atoms with Gasteiger partial charge < -0.3 is 14.6 Å². The van der Waals surface area contributed by atoms with Crippen molar-refractivity contribution in [3.05, 3.63) is 47.8 Å². The number of hydrogen-bond donors (Lipinski definition) is 1. The van der Waals surface area contributed by atoms with Crippen molar-refractivity contribution in [3.63, 3.8) is 0 Å². The van der Waals surface area contributed by atoms with Gasteiger partial charge in [0.2, 0.25) is 0 Å². The van der Waals surface area contributed by atoms with Crippen molar-refractivity contribution in [1.29, 1.82) is 0 Å².